The maximum atomic E-state index is 13.8. The van der Waals surface area contributed by atoms with E-state index in [4.69, 9.17) is 5.73 Å². The summed E-state index contributed by atoms with van der Waals surface area (Å²) in [5, 5.41) is 5.15. The van der Waals surface area contributed by atoms with Crippen molar-refractivity contribution in [2.45, 2.75) is 38.6 Å². The number of anilines is 2. The standard InChI is InChI=1S/C15H20FN3O2.ClH/c1-9(20)18-12-5-6-13(16)14(8-12)19-15(21)10-3-2-4-11(17)7-10;/h5-6,8,10-11H,2-4,7,17H2,1H3,(H,18,20)(H,19,21);1H. The molecule has 7 heteroatoms. The van der Waals surface area contributed by atoms with E-state index in [-0.39, 0.29) is 41.9 Å². The van der Waals surface area contributed by atoms with Gasteiger partial charge in [0.05, 0.1) is 5.69 Å². The zero-order valence-electron chi connectivity index (χ0n) is 12.4. The van der Waals surface area contributed by atoms with E-state index in [0.717, 1.165) is 19.3 Å². The van der Waals surface area contributed by atoms with Crippen LogP contribution in [0.2, 0.25) is 0 Å². The third kappa shape index (κ3) is 4.96. The van der Waals surface area contributed by atoms with Crippen LogP contribution in [0.1, 0.15) is 32.6 Å². The summed E-state index contributed by atoms with van der Waals surface area (Å²) in [4.78, 5) is 23.2. The van der Waals surface area contributed by atoms with E-state index in [1.807, 2.05) is 0 Å². The van der Waals surface area contributed by atoms with E-state index < -0.39 is 5.82 Å². The SMILES string of the molecule is CC(=O)Nc1ccc(F)c(NC(=O)C2CCCC(N)C2)c1.Cl. The van der Waals surface area contributed by atoms with Gasteiger partial charge in [0.1, 0.15) is 5.82 Å². The van der Waals surface area contributed by atoms with Crippen LogP contribution in [0.5, 0.6) is 0 Å². The first-order valence-electron chi connectivity index (χ1n) is 7.09. The minimum atomic E-state index is -0.530. The molecule has 2 unspecified atom stereocenters. The van der Waals surface area contributed by atoms with Gasteiger partial charge in [-0.25, -0.2) is 4.39 Å². The molecule has 122 valence electrons. The molecule has 0 heterocycles. The zero-order chi connectivity index (χ0) is 15.4. The van der Waals surface area contributed by atoms with Crippen LogP contribution in [0.15, 0.2) is 18.2 Å². The molecule has 2 atom stereocenters. The molecule has 0 radical (unpaired) electrons. The Balaban J connectivity index is 0.00000242. The fraction of sp³-hybridized carbons (Fsp3) is 0.467. The Morgan fingerprint density at radius 3 is 2.64 bits per heavy atom. The Morgan fingerprint density at radius 1 is 1.27 bits per heavy atom. The van der Waals surface area contributed by atoms with Gasteiger partial charge in [0.15, 0.2) is 0 Å². The molecular formula is C15H21ClFN3O2. The molecule has 1 aliphatic carbocycles. The van der Waals surface area contributed by atoms with E-state index in [2.05, 4.69) is 10.6 Å². The number of hydrogen-bond donors (Lipinski definition) is 3. The largest absolute Gasteiger partial charge is 0.328 e. The van der Waals surface area contributed by atoms with Crippen LogP contribution >= 0.6 is 12.4 Å². The molecule has 1 fully saturated rings. The summed E-state index contributed by atoms with van der Waals surface area (Å²) in [5.74, 6) is -1.18. The van der Waals surface area contributed by atoms with Gasteiger partial charge in [0.2, 0.25) is 11.8 Å². The molecular weight excluding hydrogens is 309 g/mol. The van der Waals surface area contributed by atoms with E-state index in [9.17, 15) is 14.0 Å². The molecule has 4 N–H and O–H groups in total. The van der Waals surface area contributed by atoms with Crippen molar-refractivity contribution in [3.8, 4) is 0 Å². The molecule has 1 aromatic rings. The van der Waals surface area contributed by atoms with Crippen LogP contribution in [0, 0.1) is 11.7 Å². The molecule has 5 nitrogen and oxygen atoms in total. The number of carbonyl (C=O) groups excluding carboxylic acids is 2. The Morgan fingerprint density at radius 2 is 2.00 bits per heavy atom. The van der Waals surface area contributed by atoms with Gasteiger partial charge in [-0.15, -0.1) is 12.4 Å². The van der Waals surface area contributed by atoms with Crippen LogP contribution in [-0.2, 0) is 9.59 Å². The lowest BCUT2D eigenvalue weighted by Crippen LogP contribution is -2.34. The second kappa shape index (κ2) is 8.10. The summed E-state index contributed by atoms with van der Waals surface area (Å²) in [6.07, 6.45) is 3.23. The predicted octanol–water partition coefficient (Wildman–Crippen LogP) is 2.66. The molecule has 2 rings (SSSR count). The average molecular weight is 330 g/mol. The fourth-order valence-corrected chi connectivity index (χ4v) is 2.60. The maximum absolute atomic E-state index is 13.8. The summed E-state index contributed by atoms with van der Waals surface area (Å²) in [5.41, 5.74) is 6.38. The molecule has 1 saturated carbocycles. The summed E-state index contributed by atoms with van der Waals surface area (Å²) in [6.45, 7) is 1.37. The minimum absolute atomic E-state index is 0. The molecule has 2 amide bonds. The molecule has 1 aliphatic rings. The van der Waals surface area contributed by atoms with Crippen LogP contribution in [0.3, 0.4) is 0 Å². The van der Waals surface area contributed by atoms with Crippen LogP contribution in [0.25, 0.3) is 0 Å². The summed E-state index contributed by atoms with van der Waals surface area (Å²) in [6, 6.07) is 4.11. The molecule has 0 aliphatic heterocycles. The molecule has 0 saturated heterocycles. The molecule has 22 heavy (non-hydrogen) atoms. The van der Waals surface area contributed by atoms with Crippen molar-refractivity contribution in [2.24, 2.45) is 11.7 Å². The van der Waals surface area contributed by atoms with Crippen LogP contribution < -0.4 is 16.4 Å². The van der Waals surface area contributed by atoms with Crippen molar-refractivity contribution >= 4 is 35.6 Å². The highest BCUT2D eigenvalue weighted by atomic mass is 35.5. The number of nitrogens with one attached hydrogen (secondary N) is 2. The van der Waals surface area contributed by atoms with Gasteiger partial charge in [-0.3, -0.25) is 9.59 Å². The lowest BCUT2D eigenvalue weighted by atomic mass is 9.85. The summed E-state index contributed by atoms with van der Waals surface area (Å²) < 4.78 is 13.8. The van der Waals surface area contributed by atoms with Gasteiger partial charge < -0.3 is 16.4 Å². The highest BCUT2D eigenvalue weighted by Crippen LogP contribution is 2.26. The topological polar surface area (TPSA) is 84.2 Å². The third-order valence-electron chi connectivity index (χ3n) is 3.63. The van der Waals surface area contributed by atoms with Gasteiger partial charge in [-0.2, -0.15) is 0 Å². The number of rotatable bonds is 3. The summed E-state index contributed by atoms with van der Waals surface area (Å²) >= 11 is 0. The van der Waals surface area contributed by atoms with Crippen molar-refractivity contribution in [2.75, 3.05) is 10.6 Å². The van der Waals surface area contributed by atoms with Gasteiger partial charge in [-0.1, -0.05) is 6.42 Å². The molecule has 0 spiro atoms. The van der Waals surface area contributed by atoms with Gasteiger partial charge in [0, 0.05) is 24.6 Å². The van der Waals surface area contributed by atoms with E-state index in [1.165, 1.54) is 25.1 Å². The number of benzene rings is 1. The minimum Gasteiger partial charge on any atom is -0.328 e. The number of hydrogen-bond acceptors (Lipinski definition) is 3. The third-order valence-corrected chi connectivity index (χ3v) is 3.63. The number of carbonyl (C=O) groups is 2. The molecule has 0 bridgehead atoms. The van der Waals surface area contributed by atoms with Crippen LogP contribution in [-0.4, -0.2) is 17.9 Å². The normalized spacial score (nSPS) is 20.7. The zero-order valence-corrected chi connectivity index (χ0v) is 13.2. The number of amides is 2. The van der Waals surface area contributed by atoms with E-state index >= 15 is 0 Å². The number of nitrogens with two attached hydrogens (primary N) is 1. The van der Waals surface area contributed by atoms with Crippen molar-refractivity contribution in [1.29, 1.82) is 0 Å². The first-order valence-corrected chi connectivity index (χ1v) is 7.09. The highest BCUT2D eigenvalue weighted by Gasteiger charge is 2.25. The van der Waals surface area contributed by atoms with Gasteiger partial charge in [-0.05, 0) is 37.5 Å². The van der Waals surface area contributed by atoms with Crippen molar-refractivity contribution < 1.29 is 14.0 Å². The van der Waals surface area contributed by atoms with Gasteiger partial charge in [0.25, 0.3) is 0 Å². The van der Waals surface area contributed by atoms with Gasteiger partial charge >= 0.3 is 0 Å². The Bertz CT molecular complexity index is 554. The quantitative estimate of drug-likeness (QED) is 0.797. The highest BCUT2D eigenvalue weighted by molar-refractivity contribution is 5.94. The molecule has 1 aromatic carbocycles. The lowest BCUT2D eigenvalue weighted by molar-refractivity contribution is -0.121. The fourth-order valence-electron chi connectivity index (χ4n) is 2.60. The van der Waals surface area contributed by atoms with Crippen molar-refractivity contribution in [1.82, 2.24) is 0 Å². The Kier molecular flexibility index (Phi) is 6.77. The lowest BCUT2D eigenvalue weighted by Gasteiger charge is -2.25. The first-order chi connectivity index (χ1) is 9.95. The molecule has 0 aromatic heterocycles. The second-order valence-electron chi connectivity index (χ2n) is 5.49. The predicted molar refractivity (Wildman–Crippen MR) is 86.5 cm³/mol. The smallest absolute Gasteiger partial charge is 0.227 e. The van der Waals surface area contributed by atoms with Crippen molar-refractivity contribution in [3.05, 3.63) is 24.0 Å². The Labute approximate surface area is 135 Å². The maximum Gasteiger partial charge on any atom is 0.227 e. The number of halogens is 2. The second-order valence-corrected chi connectivity index (χ2v) is 5.49. The van der Waals surface area contributed by atoms with Crippen LogP contribution in [0.4, 0.5) is 15.8 Å². The van der Waals surface area contributed by atoms with Crippen molar-refractivity contribution in [3.63, 3.8) is 0 Å². The van der Waals surface area contributed by atoms with E-state index in [1.54, 1.807) is 0 Å². The van der Waals surface area contributed by atoms with E-state index in [0.29, 0.717) is 12.1 Å². The first kappa shape index (κ1) is 18.4. The Hall–Kier alpha value is -1.66. The average Bonchev–Trinajstić information content (AvgIpc) is 2.42. The monoisotopic (exact) mass is 329 g/mol. The summed E-state index contributed by atoms with van der Waals surface area (Å²) in [7, 11) is 0.